The van der Waals surface area contributed by atoms with Crippen molar-refractivity contribution in [1.29, 1.82) is 0 Å². The molecule has 1 N–H and O–H groups in total. The van der Waals surface area contributed by atoms with Crippen molar-refractivity contribution in [2.75, 3.05) is 44.7 Å². The van der Waals surface area contributed by atoms with E-state index < -0.39 is 0 Å². The maximum absolute atomic E-state index is 13.9. The molecule has 6 nitrogen and oxygen atoms in total. The number of hydrogen-bond acceptors (Lipinski definition) is 5. The number of benzene rings is 1. The van der Waals surface area contributed by atoms with Crippen molar-refractivity contribution in [3.05, 3.63) is 40.4 Å². The van der Waals surface area contributed by atoms with Crippen LogP contribution < -0.4 is 10.2 Å². The summed E-state index contributed by atoms with van der Waals surface area (Å²) in [6.07, 6.45) is 1.37. The van der Waals surface area contributed by atoms with Crippen LogP contribution in [0.25, 0.3) is 0 Å². The van der Waals surface area contributed by atoms with Crippen molar-refractivity contribution in [2.24, 2.45) is 4.99 Å². The van der Waals surface area contributed by atoms with Gasteiger partial charge in [-0.1, -0.05) is 24.6 Å². The summed E-state index contributed by atoms with van der Waals surface area (Å²) in [5, 5.41) is 4.77. The molecule has 1 fully saturated rings. The third-order valence-corrected chi connectivity index (χ3v) is 5.72. The van der Waals surface area contributed by atoms with E-state index in [-0.39, 0.29) is 29.8 Å². The Balaban J connectivity index is 0.00000280. The number of rotatable bonds is 5. The third-order valence-electron chi connectivity index (χ3n) is 4.55. The predicted octanol–water partition coefficient (Wildman–Crippen LogP) is 3.45. The summed E-state index contributed by atoms with van der Waals surface area (Å²) in [6, 6.07) is 4.77. The predicted molar refractivity (Wildman–Crippen MR) is 125 cm³/mol. The van der Waals surface area contributed by atoms with Gasteiger partial charge in [-0.15, -0.1) is 24.0 Å². The van der Waals surface area contributed by atoms with Crippen LogP contribution in [0, 0.1) is 5.82 Å². The number of halogens is 3. The fourth-order valence-electron chi connectivity index (χ4n) is 3.03. The van der Waals surface area contributed by atoms with Crippen molar-refractivity contribution < 1.29 is 4.39 Å². The van der Waals surface area contributed by atoms with Gasteiger partial charge >= 0.3 is 0 Å². The van der Waals surface area contributed by atoms with E-state index >= 15 is 0 Å². The number of aliphatic imine (C=N–C) groups is 1. The molecule has 1 aliphatic heterocycles. The zero-order valence-electron chi connectivity index (χ0n) is 16.0. The number of nitrogens with one attached hydrogen (secondary N) is 1. The first-order valence-electron chi connectivity index (χ1n) is 9.08. The van der Waals surface area contributed by atoms with Gasteiger partial charge in [0, 0.05) is 68.3 Å². The molecule has 1 aromatic carbocycles. The molecule has 1 aromatic heterocycles. The Labute approximate surface area is 191 Å². The molecule has 0 aliphatic carbocycles. The molecular formula is C18H25ClFIN6S. The van der Waals surface area contributed by atoms with Gasteiger partial charge in [-0.05, 0) is 18.6 Å². The Bertz CT molecular complexity index is 774. The smallest absolute Gasteiger partial charge is 0.205 e. The summed E-state index contributed by atoms with van der Waals surface area (Å²) in [5.74, 6) is 1.46. The lowest BCUT2D eigenvalue weighted by atomic mass is 10.1. The van der Waals surface area contributed by atoms with E-state index in [1.165, 1.54) is 17.6 Å². The van der Waals surface area contributed by atoms with Crippen LogP contribution in [0.3, 0.4) is 0 Å². The number of nitrogens with zero attached hydrogens (tertiary/aromatic N) is 5. The molecule has 2 heterocycles. The number of aryl methyl sites for hydroxylation is 1. The minimum absolute atomic E-state index is 0. The Morgan fingerprint density at radius 3 is 2.68 bits per heavy atom. The minimum atomic E-state index is -0.267. The highest BCUT2D eigenvalue weighted by Gasteiger charge is 2.22. The molecule has 0 radical (unpaired) electrons. The van der Waals surface area contributed by atoms with E-state index in [9.17, 15) is 4.39 Å². The van der Waals surface area contributed by atoms with Crippen LogP contribution >= 0.6 is 47.1 Å². The molecule has 0 saturated carbocycles. The maximum atomic E-state index is 13.9. The van der Waals surface area contributed by atoms with E-state index in [0.29, 0.717) is 23.6 Å². The van der Waals surface area contributed by atoms with Gasteiger partial charge in [0.1, 0.15) is 11.6 Å². The monoisotopic (exact) mass is 538 g/mol. The molecular weight excluding hydrogens is 514 g/mol. The van der Waals surface area contributed by atoms with Gasteiger partial charge in [0.25, 0.3) is 0 Å². The lowest BCUT2D eigenvalue weighted by Gasteiger charge is -2.36. The molecule has 0 bridgehead atoms. The quantitative estimate of drug-likeness (QED) is 0.359. The van der Waals surface area contributed by atoms with Crippen LogP contribution in [0.1, 0.15) is 18.3 Å². The third kappa shape index (κ3) is 5.66. The van der Waals surface area contributed by atoms with Gasteiger partial charge < -0.3 is 15.1 Å². The van der Waals surface area contributed by atoms with Gasteiger partial charge in [0.2, 0.25) is 5.13 Å². The average molecular weight is 539 g/mol. The summed E-state index contributed by atoms with van der Waals surface area (Å²) >= 11 is 7.55. The molecule has 0 amide bonds. The number of hydrogen-bond donors (Lipinski definition) is 1. The highest BCUT2D eigenvalue weighted by Crippen LogP contribution is 2.20. The first-order chi connectivity index (χ1) is 13.1. The molecule has 1 aliphatic rings. The normalized spacial score (nSPS) is 14.8. The molecule has 0 atom stereocenters. The molecule has 1 saturated heterocycles. The minimum Gasteiger partial charge on any atom is -0.356 e. The number of aromatic nitrogens is 2. The van der Waals surface area contributed by atoms with Crippen LogP contribution in [0.4, 0.5) is 9.52 Å². The fourth-order valence-corrected chi connectivity index (χ4v) is 4.09. The van der Waals surface area contributed by atoms with Crippen LogP contribution in [-0.4, -0.2) is 60.0 Å². The van der Waals surface area contributed by atoms with Crippen molar-refractivity contribution in [1.82, 2.24) is 19.6 Å². The van der Waals surface area contributed by atoms with Crippen molar-refractivity contribution in [3.8, 4) is 0 Å². The summed E-state index contributed by atoms with van der Waals surface area (Å²) in [6.45, 7) is 6.08. The summed E-state index contributed by atoms with van der Waals surface area (Å²) in [7, 11) is 1.77. The topological polar surface area (TPSA) is 56.7 Å². The Hall–Kier alpha value is -1.20. The van der Waals surface area contributed by atoms with Crippen molar-refractivity contribution >= 4 is 58.2 Å². The van der Waals surface area contributed by atoms with Gasteiger partial charge in [0.15, 0.2) is 5.96 Å². The van der Waals surface area contributed by atoms with Crippen LogP contribution in [0.2, 0.25) is 5.02 Å². The highest BCUT2D eigenvalue weighted by atomic mass is 127. The summed E-state index contributed by atoms with van der Waals surface area (Å²) in [4.78, 5) is 13.4. The standard InChI is InChI=1S/C18H24ClFN6S.HI/c1-3-16-23-18(27-24-16)26-11-9-25(10-12-26)17(21-2)22-8-7-13-14(19)5-4-6-15(13)20;/h4-6H,3,7-12H2,1-2H3,(H,21,22);1H. The van der Waals surface area contributed by atoms with E-state index in [1.54, 1.807) is 19.2 Å². The van der Waals surface area contributed by atoms with Crippen molar-refractivity contribution in [3.63, 3.8) is 0 Å². The first kappa shape index (κ1) is 23.1. The Morgan fingerprint density at radius 2 is 2.07 bits per heavy atom. The molecule has 28 heavy (non-hydrogen) atoms. The first-order valence-corrected chi connectivity index (χ1v) is 10.2. The average Bonchev–Trinajstić information content (AvgIpc) is 3.17. The molecule has 2 aromatic rings. The molecule has 0 spiro atoms. The van der Waals surface area contributed by atoms with Crippen molar-refractivity contribution in [2.45, 2.75) is 19.8 Å². The molecule has 3 rings (SSSR count). The Morgan fingerprint density at radius 1 is 1.32 bits per heavy atom. The molecule has 0 unspecified atom stereocenters. The SMILES string of the molecule is CCc1nsc(N2CCN(C(=NC)NCCc3c(F)cccc3Cl)CC2)n1.I. The second kappa shape index (κ2) is 11.1. The van der Waals surface area contributed by atoms with Gasteiger partial charge in [0.05, 0.1) is 0 Å². The Kier molecular flexibility index (Phi) is 9.16. The van der Waals surface area contributed by atoms with E-state index in [2.05, 4.69) is 36.4 Å². The maximum Gasteiger partial charge on any atom is 0.205 e. The van der Waals surface area contributed by atoms with Crippen LogP contribution in [0.5, 0.6) is 0 Å². The molecule has 10 heteroatoms. The fraction of sp³-hybridized carbons (Fsp3) is 0.500. The second-order valence-corrected chi connectivity index (χ2v) is 7.38. The zero-order valence-corrected chi connectivity index (χ0v) is 19.9. The highest BCUT2D eigenvalue weighted by molar-refractivity contribution is 14.0. The molecule has 154 valence electrons. The largest absolute Gasteiger partial charge is 0.356 e. The second-order valence-electron chi connectivity index (χ2n) is 6.25. The lowest BCUT2D eigenvalue weighted by molar-refractivity contribution is 0.372. The van der Waals surface area contributed by atoms with Crippen LogP contribution in [-0.2, 0) is 12.8 Å². The van der Waals surface area contributed by atoms with E-state index in [1.807, 2.05) is 0 Å². The van der Waals surface area contributed by atoms with E-state index in [4.69, 9.17) is 11.6 Å². The van der Waals surface area contributed by atoms with Gasteiger partial charge in [-0.3, -0.25) is 4.99 Å². The summed E-state index contributed by atoms with van der Waals surface area (Å²) in [5.41, 5.74) is 0.537. The van der Waals surface area contributed by atoms with Gasteiger partial charge in [-0.25, -0.2) is 9.37 Å². The number of guanidine groups is 1. The van der Waals surface area contributed by atoms with E-state index in [0.717, 1.165) is 49.5 Å². The zero-order chi connectivity index (χ0) is 19.2. The van der Waals surface area contributed by atoms with Crippen LogP contribution in [0.15, 0.2) is 23.2 Å². The lowest BCUT2D eigenvalue weighted by Crippen LogP contribution is -2.52. The number of anilines is 1. The van der Waals surface area contributed by atoms with Gasteiger partial charge in [-0.2, -0.15) is 4.37 Å². The summed E-state index contributed by atoms with van der Waals surface area (Å²) < 4.78 is 18.2. The number of piperazine rings is 1.